The largest absolute Gasteiger partial charge is 0.417 e. The summed E-state index contributed by atoms with van der Waals surface area (Å²) < 4.78 is 38.8. The van der Waals surface area contributed by atoms with Crippen molar-refractivity contribution in [3.05, 3.63) is 46.2 Å². The summed E-state index contributed by atoms with van der Waals surface area (Å²) in [5.74, 6) is 1.46. The van der Waals surface area contributed by atoms with Crippen LogP contribution >= 0.6 is 15.9 Å². The number of anilines is 2. The van der Waals surface area contributed by atoms with Gasteiger partial charge in [-0.2, -0.15) is 13.2 Å². The van der Waals surface area contributed by atoms with Crippen molar-refractivity contribution in [1.82, 2.24) is 9.97 Å². The molecular weight excluding hydrogens is 397 g/mol. The first-order valence-electron chi connectivity index (χ1n) is 8.00. The number of halogens is 4. The Hall–Kier alpha value is -1.83. The highest BCUT2D eigenvalue weighted by atomic mass is 79.9. The predicted octanol–water partition coefficient (Wildman–Crippen LogP) is 4.65. The molecule has 3 heterocycles. The molecule has 0 radical (unpaired) electrons. The van der Waals surface area contributed by atoms with Gasteiger partial charge in [0.05, 0.1) is 5.56 Å². The molecule has 1 aliphatic rings. The van der Waals surface area contributed by atoms with Gasteiger partial charge in [0, 0.05) is 36.0 Å². The molecule has 0 unspecified atom stereocenters. The van der Waals surface area contributed by atoms with E-state index in [-0.39, 0.29) is 6.04 Å². The van der Waals surface area contributed by atoms with Gasteiger partial charge >= 0.3 is 6.18 Å². The number of hydrogen-bond acceptors (Lipinski definition) is 4. The third-order valence-electron chi connectivity index (χ3n) is 4.28. The zero-order chi connectivity index (χ0) is 18.0. The second-order valence-corrected chi connectivity index (χ2v) is 7.04. The lowest BCUT2D eigenvalue weighted by molar-refractivity contribution is -0.137. The number of hydrogen-bond donors (Lipinski definition) is 1. The first kappa shape index (κ1) is 18.0. The van der Waals surface area contributed by atoms with Crippen LogP contribution in [0.2, 0.25) is 0 Å². The number of aryl methyl sites for hydroxylation is 1. The van der Waals surface area contributed by atoms with Gasteiger partial charge in [0.1, 0.15) is 11.6 Å². The summed E-state index contributed by atoms with van der Waals surface area (Å²) in [6.07, 6.45) is 0.0587. The molecule has 0 saturated carbocycles. The molecule has 0 aliphatic carbocycles. The van der Waals surface area contributed by atoms with E-state index in [1.165, 1.54) is 6.07 Å². The van der Waals surface area contributed by atoms with Gasteiger partial charge in [-0.15, -0.1) is 0 Å². The molecule has 0 aromatic carbocycles. The highest BCUT2D eigenvalue weighted by molar-refractivity contribution is 9.10. The van der Waals surface area contributed by atoms with Crippen molar-refractivity contribution >= 4 is 27.6 Å². The van der Waals surface area contributed by atoms with Crippen molar-refractivity contribution in [2.45, 2.75) is 32.0 Å². The first-order valence-corrected chi connectivity index (χ1v) is 8.79. The van der Waals surface area contributed by atoms with Crippen LogP contribution in [0, 0.1) is 6.92 Å². The van der Waals surface area contributed by atoms with Crippen LogP contribution < -0.4 is 10.2 Å². The smallest absolute Gasteiger partial charge is 0.367 e. The van der Waals surface area contributed by atoms with Crippen LogP contribution in [0.15, 0.2) is 35.1 Å². The van der Waals surface area contributed by atoms with E-state index >= 15 is 0 Å². The van der Waals surface area contributed by atoms with Gasteiger partial charge in [-0.3, -0.25) is 0 Å². The monoisotopic (exact) mass is 414 g/mol. The van der Waals surface area contributed by atoms with Crippen LogP contribution in [0.25, 0.3) is 0 Å². The Kier molecular flexibility index (Phi) is 5.17. The molecule has 0 amide bonds. The van der Waals surface area contributed by atoms with Crippen molar-refractivity contribution in [2.75, 3.05) is 23.3 Å². The maximum Gasteiger partial charge on any atom is 0.417 e. The molecule has 4 nitrogen and oxygen atoms in total. The molecule has 0 bridgehead atoms. The Morgan fingerprint density at radius 2 is 1.88 bits per heavy atom. The lowest BCUT2D eigenvalue weighted by Crippen LogP contribution is -2.39. The van der Waals surface area contributed by atoms with Gasteiger partial charge in [0.15, 0.2) is 0 Å². The van der Waals surface area contributed by atoms with Gasteiger partial charge in [-0.05, 0) is 59.5 Å². The van der Waals surface area contributed by atoms with E-state index in [1.807, 2.05) is 17.9 Å². The molecule has 134 valence electrons. The number of alkyl halides is 3. The highest BCUT2D eigenvalue weighted by Gasteiger charge is 2.31. The zero-order valence-electron chi connectivity index (χ0n) is 13.6. The Bertz CT molecular complexity index is 726. The lowest BCUT2D eigenvalue weighted by atomic mass is 10.0. The minimum atomic E-state index is -4.35. The van der Waals surface area contributed by atoms with Crippen molar-refractivity contribution in [3.8, 4) is 0 Å². The van der Waals surface area contributed by atoms with E-state index in [2.05, 4.69) is 31.2 Å². The number of piperidine rings is 1. The van der Waals surface area contributed by atoms with Crippen molar-refractivity contribution in [1.29, 1.82) is 0 Å². The van der Waals surface area contributed by atoms with Gasteiger partial charge < -0.3 is 10.2 Å². The molecule has 25 heavy (non-hydrogen) atoms. The van der Waals surface area contributed by atoms with E-state index in [9.17, 15) is 13.2 Å². The fourth-order valence-corrected chi connectivity index (χ4v) is 3.32. The fourth-order valence-electron chi connectivity index (χ4n) is 2.88. The lowest BCUT2D eigenvalue weighted by Gasteiger charge is -2.33. The number of pyridine rings is 2. The summed E-state index contributed by atoms with van der Waals surface area (Å²) in [5.41, 5.74) is 0.353. The number of rotatable bonds is 3. The van der Waals surface area contributed by atoms with Crippen LogP contribution in [-0.4, -0.2) is 29.1 Å². The third-order valence-corrected chi connectivity index (χ3v) is 4.71. The van der Waals surface area contributed by atoms with Gasteiger partial charge in [-0.25, -0.2) is 9.97 Å². The summed E-state index contributed by atoms with van der Waals surface area (Å²) in [6, 6.07) is 4.83. The fraction of sp³-hybridized carbons (Fsp3) is 0.412. The molecule has 3 rings (SSSR count). The quantitative estimate of drug-likeness (QED) is 0.793. The second-order valence-electron chi connectivity index (χ2n) is 6.13. The molecule has 0 spiro atoms. The van der Waals surface area contributed by atoms with E-state index in [0.717, 1.165) is 54.0 Å². The molecule has 2 aromatic heterocycles. The van der Waals surface area contributed by atoms with Gasteiger partial charge in [-0.1, -0.05) is 0 Å². The normalized spacial score (nSPS) is 16.1. The molecule has 1 N–H and O–H groups in total. The maximum atomic E-state index is 12.6. The Morgan fingerprint density at radius 1 is 1.16 bits per heavy atom. The minimum Gasteiger partial charge on any atom is -0.367 e. The molecular formula is C17H18BrF3N4. The van der Waals surface area contributed by atoms with Crippen molar-refractivity contribution in [3.63, 3.8) is 0 Å². The zero-order valence-corrected chi connectivity index (χ0v) is 15.2. The van der Waals surface area contributed by atoms with Gasteiger partial charge in [0.2, 0.25) is 0 Å². The first-order chi connectivity index (χ1) is 11.8. The van der Waals surface area contributed by atoms with Crippen LogP contribution in [0.1, 0.15) is 24.0 Å². The summed E-state index contributed by atoms with van der Waals surface area (Å²) in [6.45, 7) is 3.48. The minimum absolute atomic E-state index is 0.290. The highest BCUT2D eigenvalue weighted by Crippen LogP contribution is 2.30. The van der Waals surface area contributed by atoms with Crippen molar-refractivity contribution < 1.29 is 13.2 Å². The Balaban J connectivity index is 1.58. The number of aromatic nitrogens is 2. The summed E-state index contributed by atoms with van der Waals surface area (Å²) in [7, 11) is 0. The van der Waals surface area contributed by atoms with E-state index in [0.29, 0.717) is 5.82 Å². The molecule has 0 atom stereocenters. The van der Waals surface area contributed by atoms with Crippen molar-refractivity contribution in [2.24, 2.45) is 0 Å². The number of nitrogens with one attached hydrogen (secondary N) is 1. The van der Waals surface area contributed by atoms with E-state index in [4.69, 9.17) is 0 Å². The van der Waals surface area contributed by atoms with Crippen LogP contribution in [0.3, 0.4) is 0 Å². The van der Waals surface area contributed by atoms with Crippen LogP contribution in [0.4, 0.5) is 24.8 Å². The van der Waals surface area contributed by atoms with Crippen LogP contribution in [0.5, 0.6) is 0 Å². The topological polar surface area (TPSA) is 41.1 Å². The molecule has 1 aliphatic heterocycles. The average Bonchev–Trinajstić information content (AvgIpc) is 2.57. The average molecular weight is 415 g/mol. The van der Waals surface area contributed by atoms with Gasteiger partial charge in [0.25, 0.3) is 0 Å². The van der Waals surface area contributed by atoms with Crippen LogP contribution in [-0.2, 0) is 6.18 Å². The summed E-state index contributed by atoms with van der Waals surface area (Å²) >= 11 is 3.40. The molecule has 1 fully saturated rings. The van der Waals surface area contributed by atoms with E-state index < -0.39 is 11.7 Å². The standard InChI is InChI=1S/C17H18BrF3N4/c1-11-8-13(18)10-23-16(11)24-14-4-6-25(7-5-14)15-3-2-12(9-22-15)17(19,20)21/h2-3,8-10,14H,4-7H2,1H3,(H,23,24). The third kappa shape index (κ3) is 4.42. The Labute approximate surface area is 152 Å². The van der Waals surface area contributed by atoms with E-state index in [1.54, 1.807) is 6.20 Å². The Morgan fingerprint density at radius 3 is 2.44 bits per heavy atom. The summed E-state index contributed by atoms with van der Waals surface area (Å²) in [5, 5.41) is 3.45. The summed E-state index contributed by atoms with van der Waals surface area (Å²) in [4.78, 5) is 10.4. The predicted molar refractivity (Wildman–Crippen MR) is 94.8 cm³/mol. The number of nitrogens with zero attached hydrogens (tertiary/aromatic N) is 3. The molecule has 8 heteroatoms. The molecule has 1 saturated heterocycles. The SMILES string of the molecule is Cc1cc(Br)cnc1NC1CCN(c2ccc(C(F)(F)F)cn2)CC1. The maximum absolute atomic E-state index is 12.6. The second kappa shape index (κ2) is 7.19. The molecule has 2 aromatic rings.